The van der Waals surface area contributed by atoms with Crippen molar-refractivity contribution in [2.45, 2.75) is 51.7 Å². The minimum absolute atomic E-state index is 0.163. The van der Waals surface area contributed by atoms with Gasteiger partial charge in [-0.15, -0.1) is 0 Å². The highest BCUT2D eigenvalue weighted by atomic mass is 19.4. The van der Waals surface area contributed by atoms with Gasteiger partial charge in [0.15, 0.2) is 0 Å². The largest absolute Gasteiger partial charge is 0.389 e. The van der Waals surface area contributed by atoms with Gasteiger partial charge in [0.2, 0.25) is 0 Å². The molecule has 2 nitrogen and oxygen atoms in total. The minimum Gasteiger partial charge on any atom is -0.329 e. The normalized spacial score (nSPS) is 29.5. The third-order valence-electron chi connectivity index (χ3n) is 4.37. The van der Waals surface area contributed by atoms with Crippen LogP contribution in [0.15, 0.2) is 0 Å². The number of likely N-dealkylation sites (tertiary alicyclic amines) is 1. The van der Waals surface area contributed by atoms with Crippen molar-refractivity contribution in [1.82, 2.24) is 4.90 Å². The number of rotatable bonds is 5. The van der Waals surface area contributed by atoms with Gasteiger partial charge >= 0.3 is 6.18 Å². The van der Waals surface area contributed by atoms with Crippen molar-refractivity contribution in [3.63, 3.8) is 0 Å². The van der Waals surface area contributed by atoms with Crippen molar-refractivity contribution in [2.75, 3.05) is 19.6 Å². The van der Waals surface area contributed by atoms with Crippen LogP contribution < -0.4 is 5.73 Å². The zero-order valence-corrected chi connectivity index (χ0v) is 11.6. The second-order valence-corrected chi connectivity index (χ2v) is 6.03. The van der Waals surface area contributed by atoms with Crippen molar-refractivity contribution in [3.8, 4) is 0 Å². The lowest BCUT2D eigenvalue weighted by Gasteiger charge is -2.38. The van der Waals surface area contributed by atoms with Crippen LogP contribution in [0.2, 0.25) is 0 Å². The molecule has 3 atom stereocenters. The lowest BCUT2D eigenvalue weighted by molar-refractivity contribution is -0.136. The molecular formula is C13H25F3N2. The third kappa shape index (κ3) is 4.12. The molecule has 1 rings (SSSR count). The molecule has 0 aromatic carbocycles. The van der Waals surface area contributed by atoms with Gasteiger partial charge in [-0.25, -0.2) is 0 Å². The van der Waals surface area contributed by atoms with Crippen molar-refractivity contribution in [1.29, 1.82) is 0 Å². The highest BCUT2D eigenvalue weighted by molar-refractivity contribution is 4.93. The minimum atomic E-state index is -4.05. The second kappa shape index (κ2) is 5.78. The predicted octanol–water partition coefficient (Wildman–Crippen LogP) is 3.02. The van der Waals surface area contributed by atoms with Gasteiger partial charge in [0.25, 0.3) is 0 Å². The van der Waals surface area contributed by atoms with Crippen molar-refractivity contribution in [2.24, 2.45) is 17.6 Å². The zero-order valence-electron chi connectivity index (χ0n) is 11.6. The van der Waals surface area contributed by atoms with Crippen LogP contribution in [0.25, 0.3) is 0 Å². The van der Waals surface area contributed by atoms with Crippen LogP contribution >= 0.6 is 0 Å². The van der Waals surface area contributed by atoms with Gasteiger partial charge in [-0.1, -0.05) is 13.8 Å². The van der Waals surface area contributed by atoms with Crippen LogP contribution in [0.5, 0.6) is 0 Å². The fourth-order valence-corrected chi connectivity index (χ4v) is 2.63. The lowest BCUT2D eigenvalue weighted by Crippen LogP contribution is -2.50. The first-order valence-electron chi connectivity index (χ1n) is 6.70. The molecule has 0 bridgehead atoms. The lowest BCUT2D eigenvalue weighted by atomic mass is 9.93. The average molecular weight is 266 g/mol. The Morgan fingerprint density at radius 2 is 1.61 bits per heavy atom. The Balaban J connectivity index is 2.52. The maximum Gasteiger partial charge on any atom is 0.389 e. The summed E-state index contributed by atoms with van der Waals surface area (Å²) >= 11 is 0. The van der Waals surface area contributed by atoms with E-state index < -0.39 is 12.6 Å². The van der Waals surface area contributed by atoms with E-state index in [0.29, 0.717) is 24.8 Å². The molecule has 0 radical (unpaired) electrons. The Hall–Kier alpha value is -0.290. The van der Waals surface area contributed by atoms with Crippen LogP contribution in [-0.2, 0) is 0 Å². The first-order chi connectivity index (χ1) is 8.18. The number of hydrogen-bond donors (Lipinski definition) is 1. The molecule has 0 aromatic heterocycles. The van der Waals surface area contributed by atoms with E-state index in [2.05, 4.69) is 18.7 Å². The Labute approximate surface area is 108 Å². The molecule has 0 aromatic rings. The number of alkyl halides is 3. The van der Waals surface area contributed by atoms with E-state index in [1.807, 2.05) is 6.92 Å². The molecule has 1 fully saturated rings. The topological polar surface area (TPSA) is 29.3 Å². The monoisotopic (exact) mass is 266 g/mol. The molecule has 0 spiro atoms. The van der Waals surface area contributed by atoms with Gasteiger partial charge in [-0.05, 0) is 31.6 Å². The summed E-state index contributed by atoms with van der Waals surface area (Å²) in [6.07, 6.45) is -4.08. The van der Waals surface area contributed by atoms with Crippen molar-refractivity contribution >= 4 is 0 Å². The third-order valence-corrected chi connectivity index (χ3v) is 4.37. The Morgan fingerprint density at radius 3 is 2.00 bits per heavy atom. The summed E-state index contributed by atoms with van der Waals surface area (Å²) in [5.41, 5.74) is 5.52. The Morgan fingerprint density at radius 1 is 1.11 bits per heavy atom. The maximum absolute atomic E-state index is 12.2. The van der Waals surface area contributed by atoms with Gasteiger partial charge < -0.3 is 5.73 Å². The van der Waals surface area contributed by atoms with Crippen LogP contribution in [0.1, 0.15) is 40.0 Å². The number of nitrogens with zero attached hydrogens (tertiary/aromatic N) is 1. The highest BCUT2D eigenvalue weighted by Gasteiger charge is 2.38. The summed E-state index contributed by atoms with van der Waals surface area (Å²) in [5, 5.41) is 0. The summed E-state index contributed by atoms with van der Waals surface area (Å²) in [6, 6.07) is 0. The molecule has 108 valence electrons. The van der Waals surface area contributed by atoms with E-state index in [1.165, 1.54) is 0 Å². The van der Waals surface area contributed by atoms with E-state index in [0.717, 1.165) is 13.1 Å². The average Bonchev–Trinajstić information content (AvgIpc) is 2.58. The van der Waals surface area contributed by atoms with Gasteiger partial charge in [0, 0.05) is 31.6 Å². The summed E-state index contributed by atoms with van der Waals surface area (Å²) in [4.78, 5) is 2.28. The summed E-state index contributed by atoms with van der Waals surface area (Å²) in [5.74, 6) is 1.19. The second-order valence-electron chi connectivity index (χ2n) is 6.03. The molecule has 0 aliphatic carbocycles. The van der Waals surface area contributed by atoms with Crippen molar-refractivity contribution < 1.29 is 13.2 Å². The summed E-state index contributed by atoms with van der Waals surface area (Å²) in [6.45, 7) is 8.69. The molecule has 5 heteroatoms. The number of nitrogens with two attached hydrogens (primary N) is 1. The molecule has 1 aliphatic rings. The van der Waals surface area contributed by atoms with E-state index in [-0.39, 0.29) is 12.0 Å². The van der Waals surface area contributed by atoms with E-state index in [1.54, 1.807) is 0 Å². The molecule has 1 aliphatic heterocycles. The molecule has 3 unspecified atom stereocenters. The zero-order chi connectivity index (χ0) is 14.0. The van der Waals surface area contributed by atoms with Crippen LogP contribution in [0.4, 0.5) is 13.2 Å². The Kier molecular flexibility index (Phi) is 5.06. The SMILES string of the molecule is CC1CN(C(C)(CN)CCCC(F)(F)F)CC1C. The summed E-state index contributed by atoms with van der Waals surface area (Å²) in [7, 11) is 0. The smallest absolute Gasteiger partial charge is 0.329 e. The molecule has 0 amide bonds. The highest BCUT2D eigenvalue weighted by Crippen LogP contribution is 2.32. The predicted molar refractivity (Wildman–Crippen MR) is 67.3 cm³/mol. The quantitative estimate of drug-likeness (QED) is 0.828. The molecule has 0 saturated carbocycles. The number of halogens is 3. The van der Waals surface area contributed by atoms with Gasteiger partial charge in [0.05, 0.1) is 0 Å². The molecule has 18 heavy (non-hydrogen) atoms. The summed E-state index contributed by atoms with van der Waals surface area (Å²) < 4.78 is 36.6. The van der Waals surface area contributed by atoms with Crippen LogP contribution in [0.3, 0.4) is 0 Å². The van der Waals surface area contributed by atoms with Gasteiger partial charge in [-0.2, -0.15) is 13.2 Å². The fraction of sp³-hybridized carbons (Fsp3) is 1.00. The Bertz CT molecular complexity index is 257. The first-order valence-corrected chi connectivity index (χ1v) is 6.70. The van der Waals surface area contributed by atoms with Crippen LogP contribution in [0, 0.1) is 11.8 Å². The van der Waals surface area contributed by atoms with E-state index in [4.69, 9.17) is 5.73 Å². The van der Waals surface area contributed by atoms with E-state index in [9.17, 15) is 13.2 Å². The standard InChI is InChI=1S/C13H25F3N2/c1-10-7-18(8-11(10)2)12(3,9-17)5-4-6-13(14,15)16/h10-11H,4-9,17H2,1-3H3. The maximum atomic E-state index is 12.2. The van der Waals surface area contributed by atoms with Crippen LogP contribution in [-0.4, -0.2) is 36.2 Å². The van der Waals surface area contributed by atoms with E-state index >= 15 is 0 Å². The van der Waals surface area contributed by atoms with Gasteiger partial charge in [-0.3, -0.25) is 4.90 Å². The first kappa shape index (κ1) is 15.8. The fourth-order valence-electron chi connectivity index (χ4n) is 2.63. The van der Waals surface area contributed by atoms with Gasteiger partial charge in [0.1, 0.15) is 0 Å². The molecule has 1 heterocycles. The number of hydrogen-bond acceptors (Lipinski definition) is 2. The molecule has 1 saturated heterocycles. The molecule has 2 N–H and O–H groups in total. The molecular weight excluding hydrogens is 241 g/mol. The van der Waals surface area contributed by atoms with Crippen molar-refractivity contribution in [3.05, 3.63) is 0 Å².